The molecular formula is C14H17ClN4O. The van der Waals surface area contributed by atoms with Gasteiger partial charge in [-0.05, 0) is 23.6 Å². The Balaban J connectivity index is 2.27. The zero-order valence-electron chi connectivity index (χ0n) is 11.8. The lowest BCUT2D eigenvalue weighted by molar-refractivity contribution is 0.0692. The molecule has 106 valence electrons. The van der Waals surface area contributed by atoms with E-state index in [0.29, 0.717) is 18.2 Å². The molecule has 0 spiro atoms. The van der Waals surface area contributed by atoms with Crippen molar-refractivity contribution in [3.8, 4) is 0 Å². The summed E-state index contributed by atoms with van der Waals surface area (Å²) in [6.45, 7) is 5.06. The van der Waals surface area contributed by atoms with Crippen LogP contribution in [0.25, 0.3) is 11.0 Å². The molecule has 2 atom stereocenters. The van der Waals surface area contributed by atoms with Gasteiger partial charge in [-0.2, -0.15) is 4.98 Å². The maximum absolute atomic E-state index is 12.4. The third kappa shape index (κ3) is 1.88. The van der Waals surface area contributed by atoms with E-state index in [4.69, 9.17) is 11.6 Å². The van der Waals surface area contributed by atoms with Crippen LogP contribution in [0.5, 0.6) is 0 Å². The number of aromatic nitrogens is 3. The van der Waals surface area contributed by atoms with Gasteiger partial charge in [0.25, 0.3) is 5.91 Å². The summed E-state index contributed by atoms with van der Waals surface area (Å²) < 4.78 is 2.04. The normalized spacial score (nSPS) is 20.3. The molecule has 3 rings (SSSR count). The first-order valence-electron chi connectivity index (χ1n) is 6.81. The highest BCUT2D eigenvalue weighted by Crippen LogP contribution is 2.33. The minimum Gasteiger partial charge on any atom is -0.338 e. The Morgan fingerprint density at radius 1 is 1.55 bits per heavy atom. The van der Waals surface area contributed by atoms with Crippen LogP contribution in [0, 0.1) is 5.92 Å². The molecule has 2 aromatic heterocycles. The van der Waals surface area contributed by atoms with Gasteiger partial charge in [-0.3, -0.25) is 4.79 Å². The largest absolute Gasteiger partial charge is 0.338 e. The number of hydrogen-bond acceptors (Lipinski definition) is 3. The van der Waals surface area contributed by atoms with Crippen LogP contribution in [-0.4, -0.2) is 38.9 Å². The molecule has 1 amide bonds. The van der Waals surface area contributed by atoms with Crippen LogP contribution in [0.1, 0.15) is 36.8 Å². The summed E-state index contributed by atoms with van der Waals surface area (Å²) >= 11 is 5.91. The van der Waals surface area contributed by atoms with E-state index >= 15 is 0 Å². The fraction of sp³-hybridized carbons (Fsp3) is 0.500. The van der Waals surface area contributed by atoms with Gasteiger partial charge in [-0.25, -0.2) is 4.98 Å². The smallest absolute Gasteiger partial charge is 0.270 e. The maximum atomic E-state index is 12.4. The topological polar surface area (TPSA) is 51.0 Å². The molecule has 6 heteroatoms. The summed E-state index contributed by atoms with van der Waals surface area (Å²) in [4.78, 5) is 22.5. The first kappa shape index (κ1) is 13.4. The van der Waals surface area contributed by atoms with E-state index in [1.165, 1.54) is 0 Å². The molecule has 5 nitrogen and oxygen atoms in total. The van der Waals surface area contributed by atoms with Gasteiger partial charge in [0, 0.05) is 25.2 Å². The maximum Gasteiger partial charge on any atom is 0.270 e. The van der Waals surface area contributed by atoms with Crippen molar-refractivity contribution in [2.24, 2.45) is 5.92 Å². The zero-order valence-corrected chi connectivity index (χ0v) is 12.6. The minimum atomic E-state index is 0.0266. The molecule has 1 aliphatic rings. The lowest BCUT2D eigenvalue weighted by atomic mass is 9.96. The summed E-state index contributed by atoms with van der Waals surface area (Å²) in [5.41, 5.74) is 1.43. The van der Waals surface area contributed by atoms with Crippen LogP contribution in [0.15, 0.2) is 12.3 Å². The first-order valence-corrected chi connectivity index (χ1v) is 7.19. The van der Waals surface area contributed by atoms with E-state index in [2.05, 4.69) is 23.8 Å². The average molecular weight is 293 g/mol. The number of nitrogens with zero attached hydrogens (tertiary/aromatic N) is 4. The molecule has 0 aromatic carbocycles. The van der Waals surface area contributed by atoms with Crippen molar-refractivity contribution in [1.82, 2.24) is 19.4 Å². The molecule has 0 N–H and O–H groups in total. The predicted octanol–water partition coefficient (Wildman–Crippen LogP) is 2.76. The van der Waals surface area contributed by atoms with E-state index in [0.717, 1.165) is 17.5 Å². The molecule has 2 aromatic rings. The Labute approximate surface area is 122 Å². The van der Waals surface area contributed by atoms with Crippen LogP contribution in [0.2, 0.25) is 5.28 Å². The molecule has 0 fully saturated rings. The van der Waals surface area contributed by atoms with Crippen LogP contribution < -0.4 is 0 Å². The second-order valence-electron chi connectivity index (χ2n) is 5.46. The van der Waals surface area contributed by atoms with Crippen molar-refractivity contribution < 1.29 is 4.79 Å². The number of fused-ring (bicyclic) bond motifs is 3. The monoisotopic (exact) mass is 292 g/mol. The minimum absolute atomic E-state index is 0.0266. The Morgan fingerprint density at radius 3 is 3.00 bits per heavy atom. The van der Waals surface area contributed by atoms with Gasteiger partial charge in [0.05, 0.1) is 6.04 Å². The number of rotatable bonds is 2. The fourth-order valence-electron chi connectivity index (χ4n) is 2.83. The molecule has 0 bridgehead atoms. The van der Waals surface area contributed by atoms with Crippen LogP contribution >= 0.6 is 11.6 Å². The number of hydrogen-bond donors (Lipinski definition) is 0. The molecule has 0 aliphatic carbocycles. The standard InChI is InChI=1S/C14H17ClN4O/c1-4-8(2)11-7-18(3)13(20)10-5-9-6-16-14(15)17-12(9)19(10)11/h5-6,8,11H,4,7H2,1-3H3. The summed E-state index contributed by atoms with van der Waals surface area (Å²) in [5, 5.41) is 1.08. The summed E-state index contributed by atoms with van der Waals surface area (Å²) in [6.07, 6.45) is 2.72. The molecule has 0 saturated heterocycles. The van der Waals surface area contributed by atoms with Gasteiger partial charge in [0.2, 0.25) is 5.28 Å². The van der Waals surface area contributed by atoms with Crippen LogP contribution in [0.4, 0.5) is 0 Å². The van der Waals surface area contributed by atoms with E-state index in [9.17, 15) is 4.79 Å². The Kier molecular flexibility index (Phi) is 3.17. The van der Waals surface area contributed by atoms with Crippen molar-refractivity contribution in [2.45, 2.75) is 26.3 Å². The Hall–Kier alpha value is -1.62. The van der Waals surface area contributed by atoms with Gasteiger partial charge >= 0.3 is 0 Å². The van der Waals surface area contributed by atoms with Gasteiger partial charge in [0.1, 0.15) is 11.3 Å². The fourth-order valence-corrected chi connectivity index (χ4v) is 2.96. The highest BCUT2D eigenvalue weighted by atomic mass is 35.5. The Morgan fingerprint density at radius 2 is 2.30 bits per heavy atom. The molecular weight excluding hydrogens is 276 g/mol. The van der Waals surface area contributed by atoms with Crippen molar-refractivity contribution in [3.63, 3.8) is 0 Å². The highest BCUT2D eigenvalue weighted by molar-refractivity contribution is 6.28. The third-order valence-corrected chi connectivity index (χ3v) is 4.39. The van der Waals surface area contributed by atoms with Crippen molar-refractivity contribution in [2.75, 3.05) is 13.6 Å². The lowest BCUT2D eigenvalue weighted by Gasteiger charge is -2.35. The van der Waals surface area contributed by atoms with Gasteiger partial charge < -0.3 is 9.47 Å². The predicted molar refractivity (Wildman–Crippen MR) is 78.0 cm³/mol. The van der Waals surface area contributed by atoms with Gasteiger partial charge in [-0.15, -0.1) is 0 Å². The molecule has 3 heterocycles. The van der Waals surface area contributed by atoms with Crippen molar-refractivity contribution in [3.05, 3.63) is 23.2 Å². The quantitative estimate of drug-likeness (QED) is 0.800. The van der Waals surface area contributed by atoms with E-state index in [1.54, 1.807) is 11.1 Å². The number of carbonyl (C=O) groups is 1. The van der Waals surface area contributed by atoms with Crippen molar-refractivity contribution in [1.29, 1.82) is 0 Å². The SMILES string of the molecule is CCC(C)C1CN(C)C(=O)c2cc3cnc(Cl)nc3n21. The first-order chi connectivity index (χ1) is 9.52. The summed E-state index contributed by atoms with van der Waals surface area (Å²) in [5.74, 6) is 0.479. The second-order valence-corrected chi connectivity index (χ2v) is 5.79. The van der Waals surface area contributed by atoms with Crippen LogP contribution in [-0.2, 0) is 0 Å². The van der Waals surface area contributed by atoms with E-state index in [-0.39, 0.29) is 17.2 Å². The van der Waals surface area contributed by atoms with Crippen molar-refractivity contribution >= 4 is 28.5 Å². The van der Waals surface area contributed by atoms with Gasteiger partial charge in [0.15, 0.2) is 0 Å². The third-order valence-electron chi connectivity index (χ3n) is 4.21. The molecule has 0 saturated carbocycles. The van der Waals surface area contributed by atoms with Gasteiger partial charge in [-0.1, -0.05) is 20.3 Å². The molecule has 2 unspecified atom stereocenters. The van der Waals surface area contributed by atoms with Crippen LogP contribution in [0.3, 0.4) is 0 Å². The number of carbonyl (C=O) groups excluding carboxylic acids is 1. The number of likely N-dealkylation sites (N-methyl/N-ethyl adjacent to an activating group) is 1. The number of amides is 1. The Bertz CT molecular complexity index is 681. The lowest BCUT2D eigenvalue weighted by Crippen LogP contribution is -2.42. The summed E-state index contributed by atoms with van der Waals surface area (Å²) in [7, 11) is 1.84. The zero-order chi connectivity index (χ0) is 14.4. The second kappa shape index (κ2) is 4.74. The number of halogens is 1. The van der Waals surface area contributed by atoms with E-state index in [1.807, 2.05) is 17.7 Å². The van der Waals surface area contributed by atoms with E-state index < -0.39 is 0 Å². The highest BCUT2D eigenvalue weighted by Gasteiger charge is 2.33. The average Bonchev–Trinajstić information content (AvgIpc) is 2.81. The molecule has 20 heavy (non-hydrogen) atoms. The summed E-state index contributed by atoms with van der Waals surface area (Å²) in [6, 6.07) is 2.08. The molecule has 1 aliphatic heterocycles. The molecule has 0 radical (unpaired) electrons.